The smallest absolute Gasteiger partial charge is 0.0752 e. The first-order chi connectivity index (χ1) is 7.50. The van der Waals surface area contributed by atoms with Crippen molar-refractivity contribution in [2.75, 3.05) is 13.1 Å². The standard InChI is InChI=1S/C11H17NO3S/c1-9-2-4-11(5-3-9)16(14,15)12-7-6-10(13)8-12/h2-5,10,13-15H,6-8H2,1H3. The summed E-state index contributed by atoms with van der Waals surface area (Å²) in [5, 5.41) is 9.40. The van der Waals surface area contributed by atoms with Crippen LogP contribution in [0.3, 0.4) is 0 Å². The lowest BCUT2D eigenvalue weighted by Gasteiger charge is -2.40. The van der Waals surface area contributed by atoms with Gasteiger partial charge in [0.1, 0.15) is 0 Å². The van der Waals surface area contributed by atoms with Crippen LogP contribution >= 0.6 is 10.8 Å². The Morgan fingerprint density at radius 2 is 1.88 bits per heavy atom. The fraction of sp³-hybridized carbons (Fsp3) is 0.455. The lowest BCUT2D eigenvalue weighted by molar-refractivity contribution is 0.187. The van der Waals surface area contributed by atoms with E-state index in [-0.39, 0.29) is 0 Å². The highest BCUT2D eigenvalue weighted by Gasteiger charge is 2.31. The lowest BCUT2D eigenvalue weighted by atomic mass is 10.2. The van der Waals surface area contributed by atoms with E-state index < -0.39 is 16.9 Å². The highest BCUT2D eigenvalue weighted by atomic mass is 32.3. The number of β-amino-alcohol motifs (C(OH)–C–C–N with tert-alkyl or cyclic N) is 1. The summed E-state index contributed by atoms with van der Waals surface area (Å²) in [6, 6.07) is 7.18. The van der Waals surface area contributed by atoms with Gasteiger partial charge in [-0.25, -0.2) is 0 Å². The number of aliphatic hydroxyl groups excluding tert-OH is 1. The van der Waals surface area contributed by atoms with Gasteiger partial charge in [0.05, 0.1) is 11.0 Å². The molecule has 1 fully saturated rings. The minimum absolute atomic E-state index is 0.330. The molecule has 90 valence electrons. The maximum atomic E-state index is 10.1. The predicted octanol–water partition coefficient (Wildman–Crippen LogP) is 2.09. The summed E-state index contributed by atoms with van der Waals surface area (Å²) < 4.78 is 21.9. The van der Waals surface area contributed by atoms with E-state index in [1.807, 2.05) is 19.1 Å². The van der Waals surface area contributed by atoms with Gasteiger partial charge in [-0.15, -0.1) is 10.8 Å². The molecule has 0 amide bonds. The molecule has 0 aliphatic carbocycles. The number of aryl methyl sites for hydroxylation is 1. The largest absolute Gasteiger partial charge is 0.392 e. The molecular weight excluding hydrogens is 226 g/mol. The first kappa shape index (κ1) is 11.9. The average Bonchev–Trinajstić information content (AvgIpc) is 2.66. The number of hydrogen-bond acceptors (Lipinski definition) is 4. The molecule has 2 rings (SSSR count). The van der Waals surface area contributed by atoms with E-state index in [2.05, 4.69) is 0 Å². The lowest BCUT2D eigenvalue weighted by Crippen LogP contribution is -2.26. The molecule has 0 saturated carbocycles. The highest BCUT2D eigenvalue weighted by molar-refractivity contribution is 8.22. The molecular formula is C11H17NO3S. The molecule has 4 nitrogen and oxygen atoms in total. The molecule has 1 unspecified atom stereocenters. The maximum absolute atomic E-state index is 10.1. The highest BCUT2D eigenvalue weighted by Crippen LogP contribution is 2.52. The summed E-state index contributed by atoms with van der Waals surface area (Å²) in [5.74, 6) is 0. The summed E-state index contributed by atoms with van der Waals surface area (Å²) in [4.78, 5) is 0.521. The number of rotatable bonds is 2. The fourth-order valence-corrected chi connectivity index (χ4v) is 3.35. The monoisotopic (exact) mass is 243 g/mol. The van der Waals surface area contributed by atoms with Gasteiger partial charge in [0.15, 0.2) is 0 Å². The Kier molecular flexibility index (Phi) is 3.23. The van der Waals surface area contributed by atoms with Crippen LogP contribution in [0.2, 0.25) is 0 Å². The van der Waals surface area contributed by atoms with Crippen LogP contribution in [0, 0.1) is 6.92 Å². The van der Waals surface area contributed by atoms with E-state index in [0.29, 0.717) is 24.4 Å². The van der Waals surface area contributed by atoms with E-state index in [1.54, 1.807) is 16.4 Å². The molecule has 5 heteroatoms. The zero-order valence-corrected chi connectivity index (χ0v) is 10.0. The van der Waals surface area contributed by atoms with Gasteiger partial charge in [-0.05, 0) is 25.5 Å². The van der Waals surface area contributed by atoms with Gasteiger partial charge >= 0.3 is 0 Å². The Balaban J connectivity index is 2.21. The second kappa shape index (κ2) is 4.35. The van der Waals surface area contributed by atoms with Crippen LogP contribution < -0.4 is 0 Å². The van der Waals surface area contributed by atoms with Crippen molar-refractivity contribution in [3.8, 4) is 0 Å². The van der Waals surface area contributed by atoms with Crippen LogP contribution in [0.5, 0.6) is 0 Å². The van der Waals surface area contributed by atoms with Crippen LogP contribution in [0.4, 0.5) is 0 Å². The number of benzene rings is 1. The molecule has 1 aliphatic rings. The molecule has 1 aliphatic heterocycles. The fourth-order valence-electron chi connectivity index (χ4n) is 1.81. The Labute approximate surface area is 97.0 Å². The van der Waals surface area contributed by atoms with Crippen molar-refractivity contribution < 1.29 is 14.2 Å². The van der Waals surface area contributed by atoms with Gasteiger partial charge in [0, 0.05) is 13.1 Å². The first-order valence-corrected chi connectivity index (χ1v) is 6.78. The summed E-state index contributed by atoms with van der Waals surface area (Å²) >= 11 is 0. The zero-order valence-electron chi connectivity index (χ0n) is 9.21. The van der Waals surface area contributed by atoms with Crippen molar-refractivity contribution in [2.45, 2.75) is 24.3 Å². The Morgan fingerprint density at radius 3 is 2.38 bits per heavy atom. The first-order valence-electron chi connectivity index (χ1n) is 5.28. The molecule has 16 heavy (non-hydrogen) atoms. The SMILES string of the molecule is Cc1ccc(S(O)(O)N2CCC(O)C2)cc1. The van der Waals surface area contributed by atoms with Crippen LogP contribution in [-0.4, -0.2) is 37.7 Å². The van der Waals surface area contributed by atoms with Crippen LogP contribution in [0.25, 0.3) is 0 Å². The summed E-state index contributed by atoms with van der Waals surface area (Å²) in [5.41, 5.74) is 1.08. The van der Waals surface area contributed by atoms with E-state index in [4.69, 9.17) is 0 Å². The minimum Gasteiger partial charge on any atom is -0.392 e. The third-order valence-electron chi connectivity index (χ3n) is 2.82. The predicted molar refractivity (Wildman–Crippen MR) is 64.5 cm³/mol. The third-order valence-corrected chi connectivity index (χ3v) is 4.78. The Hall–Kier alpha value is -0.590. The molecule has 0 bridgehead atoms. The van der Waals surface area contributed by atoms with Gasteiger partial charge < -0.3 is 5.11 Å². The summed E-state index contributed by atoms with van der Waals surface area (Å²) in [6.45, 7) is 2.81. The van der Waals surface area contributed by atoms with E-state index in [0.717, 1.165) is 5.56 Å². The van der Waals surface area contributed by atoms with E-state index in [1.165, 1.54) is 0 Å². The van der Waals surface area contributed by atoms with Crippen LogP contribution in [0.15, 0.2) is 29.2 Å². The average molecular weight is 243 g/mol. The van der Waals surface area contributed by atoms with Gasteiger partial charge in [-0.1, -0.05) is 17.7 Å². The minimum atomic E-state index is -2.92. The van der Waals surface area contributed by atoms with Gasteiger partial charge in [0.2, 0.25) is 0 Å². The van der Waals surface area contributed by atoms with Crippen molar-refractivity contribution in [3.63, 3.8) is 0 Å². The van der Waals surface area contributed by atoms with Crippen LogP contribution in [-0.2, 0) is 0 Å². The normalized spacial score (nSPS) is 23.6. The van der Waals surface area contributed by atoms with Crippen molar-refractivity contribution in [1.29, 1.82) is 0 Å². The van der Waals surface area contributed by atoms with E-state index in [9.17, 15) is 14.2 Å². The number of hydrogen-bond donors (Lipinski definition) is 3. The molecule has 0 radical (unpaired) electrons. The van der Waals surface area contributed by atoms with Gasteiger partial charge in [-0.3, -0.25) is 9.11 Å². The van der Waals surface area contributed by atoms with Crippen LogP contribution in [0.1, 0.15) is 12.0 Å². The van der Waals surface area contributed by atoms with Crippen molar-refractivity contribution >= 4 is 10.8 Å². The van der Waals surface area contributed by atoms with Gasteiger partial charge in [0.25, 0.3) is 0 Å². The molecule has 1 heterocycles. The summed E-state index contributed by atoms with van der Waals surface area (Å²) in [6.07, 6.45) is 0.151. The number of nitrogens with zero attached hydrogens (tertiary/aromatic N) is 1. The topological polar surface area (TPSA) is 63.9 Å². The molecule has 0 spiro atoms. The molecule has 1 atom stereocenters. The van der Waals surface area contributed by atoms with Crippen molar-refractivity contribution in [2.24, 2.45) is 0 Å². The Bertz CT molecular complexity index is 366. The molecule has 3 N–H and O–H groups in total. The third kappa shape index (κ3) is 2.23. The van der Waals surface area contributed by atoms with Crippen molar-refractivity contribution in [3.05, 3.63) is 29.8 Å². The Morgan fingerprint density at radius 1 is 1.25 bits per heavy atom. The van der Waals surface area contributed by atoms with Gasteiger partial charge in [-0.2, -0.15) is 4.31 Å². The molecule has 1 saturated heterocycles. The molecule has 1 aromatic rings. The quantitative estimate of drug-likeness (QED) is 0.744. The molecule has 0 aromatic heterocycles. The second-order valence-corrected chi connectivity index (χ2v) is 6.19. The second-order valence-electron chi connectivity index (χ2n) is 4.16. The van der Waals surface area contributed by atoms with Crippen molar-refractivity contribution in [1.82, 2.24) is 4.31 Å². The maximum Gasteiger partial charge on any atom is 0.0752 e. The zero-order chi connectivity index (χ0) is 11.8. The number of aliphatic hydroxyl groups is 1. The molecule has 1 aromatic carbocycles. The van der Waals surface area contributed by atoms with E-state index >= 15 is 0 Å². The summed E-state index contributed by atoms with van der Waals surface area (Å²) in [7, 11) is -2.92.